The van der Waals surface area contributed by atoms with Gasteiger partial charge in [-0.15, -0.1) is 12.4 Å². The third-order valence-electron chi connectivity index (χ3n) is 1.90. The Hall–Kier alpha value is -0.570. The first-order chi connectivity index (χ1) is 6.20. The highest BCUT2D eigenvalue weighted by Crippen LogP contribution is 2.10. The first-order valence-electron chi connectivity index (χ1n) is 4.66. The van der Waals surface area contributed by atoms with Gasteiger partial charge in [-0.1, -0.05) is 44.2 Å². The van der Waals surface area contributed by atoms with Crippen LogP contribution in [-0.4, -0.2) is 17.7 Å². The van der Waals surface area contributed by atoms with E-state index >= 15 is 0 Å². The van der Waals surface area contributed by atoms with Gasteiger partial charge in [-0.2, -0.15) is 0 Å². The van der Waals surface area contributed by atoms with Crippen molar-refractivity contribution in [3.8, 4) is 0 Å². The van der Waals surface area contributed by atoms with E-state index in [0.29, 0.717) is 12.6 Å². The van der Waals surface area contributed by atoms with E-state index in [0.717, 1.165) is 5.56 Å². The van der Waals surface area contributed by atoms with Crippen LogP contribution in [0.15, 0.2) is 30.3 Å². The van der Waals surface area contributed by atoms with Crippen LogP contribution in [0.1, 0.15) is 25.5 Å². The Morgan fingerprint density at radius 3 is 2.29 bits per heavy atom. The van der Waals surface area contributed by atoms with Gasteiger partial charge in [0.05, 0.1) is 6.10 Å². The summed E-state index contributed by atoms with van der Waals surface area (Å²) in [6.07, 6.45) is -0.399. The molecular weight excluding hydrogens is 198 g/mol. The zero-order valence-electron chi connectivity index (χ0n) is 8.60. The van der Waals surface area contributed by atoms with Gasteiger partial charge in [0.15, 0.2) is 0 Å². The quantitative estimate of drug-likeness (QED) is 0.807. The Labute approximate surface area is 91.8 Å². The van der Waals surface area contributed by atoms with Gasteiger partial charge in [-0.25, -0.2) is 0 Å². The second kappa shape index (κ2) is 6.82. The van der Waals surface area contributed by atoms with Crippen molar-refractivity contribution in [2.45, 2.75) is 26.0 Å². The fraction of sp³-hybridized carbons (Fsp3) is 0.455. The van der Waals surface area contributed by atoms with Gasteiger partial charge in [0.1, 0.15) is 0 Å². The summed E-state index contributed by atoms with van der Waals surface area (Å²) in [7, 11) is 0. The molecule has 14 heavy (non-hydrogen) atoms. The minimum Gasteiger partial charge on any atom is -0.387 e. The topological polar surface area (TPSA) is 32.3 Å². The van der Waals surface area contributed by atoms with Crippen molar-refractivity contribution in [1.29, 1.82) is 0 Å². The fourth-order valence-electron chi connectivity index (χ4n) is 1.14. The van der Waals surface area contributed by atoms with Gasteiger partial charge >= 0.3 is 0 Å². The highest BCUT2D eigenvalue weighted by molar-refractivity contribution is 5.85. The first kappa shape index (κ1) is 13.4. The first-order valence-corrected chi connectivity index (χ1v) is 4.66. The molecule has 0 aliphatic heterocycles. The number of halogens is 1. The Morgan fingerprint density at radius 1 is 1.21 bits per heavy atom. The van der Waals surface area contributed by atoms with Gasteiger partial charge in [-0.05, 0) is 5.56 Å². The Bertz CT molecular complexity index is 238. The van der Waals surface area contributed by atoms with E-state index in [1.54, 1.807) is 0 Å². The van der Waals surface area contributed by atoms with Gasteiger partial charge < -0.3 is 10.4 Å². The third-order valence-corrected chi connectivity index (χ3v) is 1.90. The van der Waals surface area contributed by atoms with Crippen LogP contribution in [-0.2, 0) is 0 Å². The smallest absolute Gasteiger partial charge is 0.0914 e. The standard InChI is InChI=1S/C11H17NO.ClH/c1-9(2)12-8-11(13)10-6-4-3-5-7-10;/h3-7,9,11-13H,8H2,1-2H3;1H. The van der Waals surface area contributed by atoms with Crippen molar-refractivity contribution in [3.63, 3.8) is 0 Å². The highest BCUT2D eigenvalue weighted by Gasteiger charge is 2.05. The molecular formula is C11H18ClNO. The average molecular weight is 216 g/mol. The summed E-state index contributed by atoms with van der Waals surface area (Å²) in [4.78, 5) is 0. The number of aliphatic hydroxyl groups excluding tert-OH is 1. The SMILES string of the molecule is CC(C)NCC(O)c1ccccc1.Cl. The van der Waals surface area contributed by atoms with Crippen molar-refractivity contribution >= 4 is 12.4 Å². The molecule has 0 saturated carbocycles. The third kappa shape index (κ3) is 4.61. The molecule has 0 aliphatic carbocycles. The molecule has 0 saturated heterocycles. The number of nitrogens with one attached hydrogen (secondary N) is 1. The molecule has 2 nitrogen and oxygen atoms in total. The molecule has 3 heteroatoms. The van der Waals surface area contributed by atoms with Crippen LogP contribution in [0.3, 0.4) is 0 Å². The fourth-order valence-corrected chi connectivity index (χ4v) is 1.14. The summed E-state index contributed by atoms with van der Waals surface area (Å²) >= 11 is 0. The maximum atomic E-state index is 9.71. The number of hydrogen-bond donors (Lipinski definition) is 2. The van der Waals surface area contributed by atoms with Crippen LogP contribution < -0.4 is 5.32 Å². The van der Waals surface area contributed by atoms with Crippen LogP contribution in [0.5, 0.6) is 0 Å². The van der Waals surface area contributed by atoms with Crippen LogP contribution >= 0.6 is 12.4 Å². The molecule has 1 aromatic carbocycles. The summed E-state index contributed by atoms with van der Waals surface area (Å²) in [5, 5.41) is 12.9. The van der Waals surface area contributed by atoms with Crippen molar-refractivity contribution < 1.29 is 5.11 Å². The Morgan fingerprint density at radius 2 is 1.79 bits per heavy atom. The molecule has 2 N–H and O–H groups in total. The van der Waals surface area contributed by atoms with Crippen molar-refractivity contribution in [2.75, 3.05) is 6.54 Å². The molecule has 0 bridgehead atoms. The zero-order valence-corrected chi connectivity index (χ0v) is 9.42. The predicted octanol–water partition coefficient (Wildman–Crippen LogP) is 2.14. The predicted molar refractivity (Wildman–Crippen MR) is 61.8 cm³/mol. The molecule has 1 rings (SSSR count). The molecule has 0 fully saturated rings. The number of benzene rings is 1. The highest BCUT2D eigenvalue weighted by atomic mass is 35.5. The van der Waals surface area contributed by atoms with Gasteiger partial charge in [-0.3, -0.25) is 0 Å². The molecule has 0 aliphatic rings. The van der Waals surface area contributed by atoms with Crippen molar-refractivity contribution in [1.82, 2.24) is 5.32 Å². The zero-order chi connectivity index (χ0) is 9.68. The molecule has 1 aromatic rings. The molecule has 0 aromatic heterocycles. The van der Waals surface area contributed by atoms with Crippen molar-refractivity contribution in [2.24, 2.45) is 0 Å². The lowest BCUT2D eigenvalue weighted by atomic mass is 10.1. The molecule has 80 valence electrons. The summed E-state index contributed by atoms with van der Waals surface area (Å²) in [5.74, 6) is 0. The van der Waals surface area contributed by atoms with E-state index in [1.165, 1.54) is 0 Å². The van der Waals surface area contributed by atoms with Gasteiger partial charge in [0, 0.05) is 12.6 Å². The summed E-state index contributed by atoms with van der Waals surface area (Å²) in [5.41, 5.74) is 0.968. The average Bonchev–Trinajstić information content (AvgIpc) is 2.15. The van der Waals surface area contributed by atoms with Crippen LogP contribution in [0.25, 0.3) is 0 Å². The lowest BCUT2D eigenvalue weighted by molar-refractivity contribution is 0.171. The van der Waals surface area contributed by atoms with Crippen LogP contribution in [0.2, 0.25) is 0 Å². The number of hydrogen-bond acceptors (Lipinski definition) is 2. The van der Waals surface area contributed by atoms with E-state index < -0.39 is 6.10 Å². The second-order valence-corrected chi connectivity index (χ2v) is 3.49. The maximum Gasteiger partial charge on any atom is 0.0914 e. The van der Waals surface area contributed by atoms with E-state index in [9.17, 15) is 5.11 Å². The number of aliphatic hydroxyl groups is 1. The Balaban J connectivity index is 0.00000169. The minimum atomic E-state index is -0.399. The summed E-state index contributed by atoms with van der Waals surface area (Å²) in [6, 6.07) is 10.1. The lowest BCUT2D eigenvalue weighted by Crippen LogP contribution is -2.27. The van der Waals surface area contributed by atoms with E-state index in [4.69, 9.17) is 0 Å². The molecule has 0 radical (unpaired) electrons. The molecule has 0 amide bonds. The van der Waals surface area contributed by atoms with Gasteiger partial charge in [0.2, 0.25) is 0 Å². The minimum absolute atomic E-state index is 0. The molecule has 1 atom stereocenters. The largest absolute Gasteiger partial charge is 0.387 e. The molecule has 0 heterocycles. The molecule has 1 unspecified atom stereocenters. The van der Waals surface area contributed by atoms with Crippen molar-refractivity contribution in [3.05, 3.63) is 35.9 Å². The molecule has 0 spiro atoms. The Kier molecular flexibility index (Phi) is 6.54. The van der Waals surface area contributed by atoms with E-state index in [-0.39, 0.29) is 12.4 Å². The second-order valence-electron chi connectivity index (χ2n) is 3.49. The monoisotopic (exact) mass is 215 g/mol. The number of rotatable bonds is 4. The summed E-state index contributed by atoms with van der Waals surface area (Å²) in [6.45, 7) is 4.75. The van der Waals surface area contributed by atoms with Crippen LogP contribution in [0, 0.1) is 0 Å². The maximum absolute atomic E-state index is 9.71. The van der Waals surface area contributed by atoms with Crippen LogP contribution in [0.4, 0.5) is 0 Å². The van der Waals surface area contributed by atoms with E-state index in [1.807, 2.05) is 30.3 Å². The summed E-state index contributed by atoms with van der Waals surface area (Å²) < 4.78 is 0. The lowest BCUT2D eigenvalue weighted by Gasteiger charge is -2.13. The van der Waals surface area contributed by atoms with Gasteiger partial charge in [0.25, 0.3) is 0 Å². The normalized spacial score (nSPS) is 12.3. The van der Waals surface area contributed by atoms with E-state index in [2.05, 4.69) is 19.2 Å².